The fourth-order valence-electron chi connectivity index (χ4n) is 2.35. The van der Waals surface area contributed by atoms with E-state index < -0.39 is 0 Å². The maximum atomic E-state index is 13.5. The molecular formula is C13H18FIN2S. The molecule has 3 N–H and O–H groups in total. The zero-order valence-electron chi connectivity index (χ0n) is 10.4. The minimum atomic E-state index is -0.204. The number of nitrogens with two attached hydrogens (primary N) is 1. The number of halogens is 2. The van der Waals surface area contributed by atoms with Gasteiger partial charge in [0.2, 0.25) is 0 Å². The van der Waals surface area contributed by atoms with Crippen molar-refractivity contribution in [1.29, 1.82) is 0 Å². The van der Waals surface area contributed by atoms with Gasteiger partial charge in [-0.15, -0.1) is 0 Å². The molecule has 0 unspecified atom stereocenters. The van der Waals surface area contributed by atoms with Crippen LogP contribution in [0.4, 0.5) is 15.8 Å². The summed E-state index contributed by atoms with van der Waals surface area (Å²) < 4.78 is 14.1. The molecular weight excluding hydrogens is 362 g/mol. The smallest absolute Gasteiger partial charge is 0.138 e. The van der Waals surface area contributed by atoms with Crippen LogP contribution in [0.5, 0.6) is 0 Å². The van der Waals surface area contributed by atoms with E-state index in [0.717, 1.165) is 23.8 Å². The molecule has 0 aromatic heterocycles. The van der Waals surface area contributed by atoms with Crippen molar-refractivity contribution >= 4 is 45.7 Å². The summed E-state index contributed by atoms with van der Waals surface area (Å²) in [5, 5.41) is 4.17. The largest absolute Gasteiger partial charge is 0.397 e. The lowest BCUT2D eigenvalue weighted by atomic mass is 9.94. The number of hydrogen-bond acceptors (Lipinski definition) is 3. The Morgan fingerprint density at radius 3 is 2.61 bits per heavy atom. The Kier molecular flexibility index (Phi) is 5.00. The SMILES string of the molecule is CSC1CCC(Nc2cc(F)c(I)cc2N)CC1. The second-order valence-electron chi connectivity index (χ2n) is 4.71. The molecule has 2 nitrogen and oxygen atoms in total. The summed E-state index contributed by atoms with van der Waals surface area (Å²) in [5.41, 5.74) is 7.29. The first kappa shape index (κ1) is 14.2. The Labute approximate surface area is 125 Å². The first-order valence-corrected chi connectivity index (χ1v) is 8.50. The molecule has 0 heterocycles. The quantitative estimate of drug-likeness (QED) is 0.613. The predicted molar refractivity (Wildman–Crippen MR) is 86.7 cm³/mol. The molecule has 0 aliphatic heterocycles. The van der Waals surface area contributed by atoms with Crippen molar-refractivity contribution in [3.63, 3.8) is 0 Å². The van der Waals surface area contributed by atoms with Crippen molar-refractivity contribution < 1.29 is 4.39 Å². The minimum Gasteiger partial charge on any atom is -0.397 e. The molecule has 1 saturated carbocycles. The van der Waals surface area contributed by atoms with E-state index in [2.05, 4.69) is 11.6 Å². The summed E-state index contributed by atoms with van der Waals surface area (Å²) >= 11 is 3.91. The van der Waals surface area contributed by atoms with Crippen molar-refractivity contribution in [2.45, 2.75) is 37.0 Å². The molecule has 1 aromatic carbocycles. The van der Waals surface area contributed by atoms with Gasteiger partial charge in [0.1, 0.15) is 5.82 Å². The molecule has 0 saturated heterocycles. The number of thioether (sulfide) groups is 1. The van der Waals surface area contributed by atoms with Crippen LogP contribution in [0.25, 0.3) is 0 Å². The molecule has 1 aliphatic rings. The van der Waals surface area contributed by atoms with Crippen LogP contribution in [0, 0.1) is 9.39 Å². The van der Waals surface area contributed by atoms with E-state index in [-0.39, 0.29) is 5.82 Å². The van der Waals surface area contributed by atoms with Crippen LogP contribution in [0.2, 0.25) is 0 Å². The Morgan fingerprint density at radius 2 is 2.00 bits per heavy atom. The summed E-state index contributed by atoms with van der Waals surface area (Å²) in [5.74, 6) is -0.204. The molecule has 0 atom stereocenters. The van der Waals surface area contributed by atoms with E-state index in [4.69, 9.17) is 5.73 Å². The summed E-state index contributed by atoms with van der Waals surface area (Å²) in [4.78, 5) is 0. The average Bonchev–Trinajstić information content (AvgIpc) is 2.37. The van der Waals surface area contributed by atoms with Gasteiger partial charge in [-0.05, 0) is 60.6 Å². The molecule has 0 spiro atoms. The summed E-state index contributed by atoms with van der Waals surface area (Å²) in [6.45, 7) is 0. The van der Waals surface area contributed by atoms with E-state index in [1.54, 1.807) is 6.07 Å². The molecule has 5 heteroatoms. The fourth-order valence-corrected chi connectivity index (χ4v) is 3.58. The second-order valence-corrected chi connectivity index (χ2v) is 7.01. The summed E-state index contributed by atoms with van der Waals surface area (Å²) in [7, 11) is 0. The number of anilines is 2. The molecule has 0 amide bonds. The van der Waals surface area contributed by atoms with Crippen molar-refractivity contribution in [3.05, 3.63) is 21.5 Å². The fraction of sp³-hybridized carbons (Fsp3) is 0.538. The number of nitrogen functional groups attached to an aromatic ring is 1. The van der Waals surface area contributed by atoms with Crippen molar-refractivity contribution in [1.82, 2.24) is 0 Å². The highest BCUT2D eigenvalue weighted by Gasteiger charge is 2.21. The maximum Gasteiger partial charge on any atom is 0.138 e. The van der Waals surface area contributed by atoms with Crippen molar-refractivity contribution in [2.75, 3.05) is 17.3 Å². The van der Waals surface area contributed by atoms with Gasteiger partial charge in [0.25, 0.3) is 0 Å². The first-order chi connectivity index (χ1) is 8.60. The number of rotatable bonds is 3. The number of nitrogens with one attached hydrogen (secondary N) is 1. The van der Waals surface area contributed by atoms with Gasteiger partial charge < -0.3 is 11.1 Å². The van der Waals surface area contributed by atoms with Crippen LogP contribution in [0.3, 0.4) is 0 Å². The normalized spacial score (nSPS) is 23.9. The van der Waals surface area contributed by atoms with Crippen LogP contribution < -0.4 is 11.1 Å². The standard InChI is InChI=1S/C13H18FIN2S/c1-18-9-4-2-8(3-5-9)17-13-6-10(14)11(15)7-12(13)16/h6-9,17H,2-5,16H2,1H3. The topological polar surface area (TPSA) is 38.0 Å². The van der Waals surface area contributed by atoms with Gasteiger partial charge in [-0.2, -0.15) is 11.8 Å². The van der Waals surface area contributed by atoms with E-state index in [0.29, 0.717) is 15.3 Å². The third-order valence-electron chi connectivity index (χ3n) is 3.46. The molecule has 1 aromatic rings. The lowest BCUT2D eigenvalue weighted by Crippen LogP contribution is -2.27. The number of benzene rings is 1. The molecule has 0 bridgehead atoms. The molecule has 2 rings (SSSR count). The van der Waals surface area contributed by atoms with E-state index in [1.165, 1.54) is 18.9 Å². The highest BCUT2D eigenvalue weighted by atomic mass is 127. The van der Waals surface area contributed by atoms with Gasteiger partial charge in [-0.3, -0.25) is 0 Å². The lowest BCUT2D eigenvalue weighted by molar-refractivity contribution is 0.473. The van der Waals surface area contributed by atoms with Gasteiger partial charge in [-0.1, -0.05) is 0 Å². The van der Waals surface area contributed by atoms with Crippen molar-refractivity contribution in [2.24, 2.45) is 0 Å². The zero-order valence-corrected chi connectivity index (χ0v) is 13.4. The Hall–Kier alpha value is -0.170. The van der Waals surface area contributed by atoms with Gasteiger partial charge in [-0.25, -0.2) is 4.39 Å². The average molecular weight is 380 g/mol. The maximum absolute atomic E-state index is 13.5. The van der Waals surface area contributed by atoms with Gasteiger partial charge >= 0.3 is 0 Å². The Morgan fingerprint density at radius 1 is 1.33 bits per heavy atom. The van der Waals surface area contributed by atoms with E-state index >= 15 is 0 Å². The van der Waals surface area contributed by atoms with Crippen LogP contribution in [-0.2, 0) is 0 Å². The summed E-state index contributed by atoms with van der Waals surface area (Å²) in [6, 6.07) is 3.62. The van der Waals surface area contributed by atoms with Crippen LogP contribution >= 0.6 is 34.4 Å². The highest BCUT2D eigenvalue weighted by molar-refractivity contribution is 14.1. The van der Waals surface area contributed by atoms with Gasteiger partial charge in [0, 0.05) is 17.4 Å². The zero-order chi connectivity index (χ0) is 13.1. The van der Waals surface area contributed by atoms with Crippen LogP contribution in [0.15, 0.2) is 12.1 Å². The molecule has 0 radical (unpaired) electrons. The molecule has 100 valence electrons. The van der Waals surface area contributed by atoms with Crippen molar-refractivity contribution in [3.8, 4) is 0 Å². The monoisotopic (exact) mass is 380 g/mol. The summed E-state index contributed by atoms with van der Waals surface area (Å²) in [6.07, 6.45) is 6.90. The second kappa shape index (κ2) is 6.32. The highest BCUT2D eigenvalue weighted by Crippen LogP contribution is 2.31. The van der Waals surface area contributed by atoms with Gasteiger partial charge in [0.15, 0.2) is 0 Å². The third kappa shape index (κ3) is 3.44. The predicted octanol–water partition coefficient (Wildman–Crippen LogP) is 4.10. The van der Waals surface area contributed by atoms with E-state index in [9.17, 15) is 4.39 Å². The molecule has 1 fully saturated rings. The first-order valence-electron chi connectivity index (χ1n) is 6.14. The molecule has 1 aliphatic carbocycles. The molecule has 18 heavy (non-hydrogen) atoms. The van der Waals surface area contributed by atoms with Gasteiger partial charge in [0.05, 0.1) is 14.9 Å². The Balaban J connectivity index is 2.00. The van der Waals surface area contributed by atoms with Crippen LogP contribution in [0.1, 0.15) is 25.7 Å². The third-order valence-corrected chi connectivity index (χ3v) is 5.42. The minimum absolute atomic E-state index is 0.204. The van der Waals surface area contributed by atoms with Crippen LogP contribution in [-0.4, -0.2) is 17.5 Å². The van der Waals surface area contributed by atoms with E-state index in [1.807, 2.05) is 34.4 Å². The lowest BCUT2D eigenvalue weighted by Gasteiger charge is -2.29. The Bertz CT molecular complexity index is 420. The number of hydrogen-bond donors (Lipinski definition) is 2.